The predicted octanol–water partition coefficient (Wildman–Crippen LogP) is 4.69. The summed E-state index contributed by atoms with van der Waals surface area (Å²) in [7, 11) is 0. The third kappa shape index (κ3) is 2.85. The molecule has 1 aromatic carbocycles. The molecule has 3 aromatic rings. The van der Waals surface area contributed by atoms with E-state index in [2.05, 4.69) is 40.4 Å². The van der Waals surface area contributed by atoms with E-state index in [0.29, 0.717) is 5.92 Å². The van der Waals surface area contributed by atoms with E-state index in [-0.39, 0.29) is 23.2 Å². The quantitative estimate of drug-likeness (QED) is 0.543. The van der Waals surface area contributed by atoms with Gasteiger partial charge in [-0.1, -0.05) is 11.6 Å². The molecule has 33 heavy (non-hydrogen) atoms. The number of likely N-dealkylation sites (tertiary alicyclic amines) is 1. The fourth-order valence-electron chi connectivity index (χ4n) is 6.90. The molecular formula is C25H29ClFN5O. The van der Waals surface area contributed by atoms with Crippen molar-refractivity contribution in [3.8, 4) is 5.69 Å². The molecule has 5 fully saturated rings. The van der Waals surface area contributed by atoms with E-state index in [1.165, 1.54) is 5.56 Å². The molecule has 174 valence electrons. The van der Waals surface area contributed by atoms with Crippen molar-refractivity contribution in [3.05, 3.63) is 41.3 Å². The van der Waals surface area contributed by atoms with Gasteiger partial charge < -0.3 is 4.74 Å². The number of benzene rings is 1. The van der Waals surface area contributed by atoms with Crippen LogP contribution in [0.15, 0.2) is 30.7 Å². The summed E-state index contributed by atoms with van der Waals surface area (Å²) in [5.41, 5.74) is 3.41. The van der Waals surface area contributed by atoms with Gasteiger partial charge in [0.2, 0.25) is 0 Å². The van der Waals surface area contributed by atoms with E-state index in [0.717, 1.165) is 80.0 Å². The number of nitrogens with zero attached hydrogens (tertiary/aromatic N) is 5. The van der Waals surface area contributed by atoms with Gasteiger partial charge in [0, 0.05) is 15.8 Å². The molecule has 0 radical (unpaired) electrons. The Morgan fingerprint density at radius 3 is 2.55 bits per heavy atom. The molecule has 2 aliphatic heterocycles. The van der Waals surface area contributed by atoms with E-state index in [9.17, 15) is 4.39 Å². The third-order valence-electron chi connectivity index (χ3n) is 8.91. The highest BCUT2D eigenvalue weighted by Gasteiger charge is 2.69. The summed E-state index contributed by atoms with van der Waals surface area (Å²) in [6, 6.07) is 4.29. The van der Waals surface area contributed by atoms with Gasteiger partial charge in [0.15, 0.2) is 0 Å². The third-order valence-corrected chi connectivity index (χ3v) is 9.23. The maximum absolute atomic E-state index is 13.2. The predicted molar refractivity (Wildman–Crippen MR) is 125 cm³/mol. The van der Waals surface area contributed by atoms with E-state index < -0.39 is 0 Å². The van der Waals surface area contributed by atoms with Crippen molar-refractivity contribution in [3.63, 3.8) is 0 Å². The van der Waals surface area contributed by atoms with Crippen molar-refractivity contribution in [2.24, 2.45) is 5.41 Å². The molecule has 3 aliphatic carbocycles. The number of rotatable bonds is 5. The summed E-state index contributed by atoms with van der Waals surface area (Å²) in [4.78, 5) is 2.58. The van der Waals surface area contributed by atoms with Crippen LogP contribution < -0.4 is 0 Å². The number of ether oxygens (including phenoxy) is 1. The molecule has 0 amide bonds. The monoisotopic (exact) mass is 469 g/mol. The number of fused-ring (bicyclic) bond motifs is 1. The molecule has 0 spiro atoms. The molecule has 3 saturated carbocycles. The molecule has 0 atom stereocenters. The Labute approximate surface area is 197 Å². The van der Waals surface area contributed by atoms with E-state index in [4.69, 9.17) is 16.3 Å². The minimum Gasteiger partial charge on any atom is -0.377 e. The minimum atomic E-state index is -0.206. The van der Waals surface area contributed by atoms with Crippen molar-refractivity contribution < 1.29 is 9.13 Å². The SMILES string of the molecule is CC1(N2CCC(c3cc4c(cnn4-c4cnn(C56CC(CF)(C5)C6)c4)cc3Cl)CC2)COC1. The Balaban J connectivity index is 1.15. The highest BCUT2D eigenvalue weighted by Crippen LogP contribution is 2.71. The second-order valence-electron chi connectivity index (χ2n) is 11.3. The lowest BCUT2D eigenvalue weighted by Gasteiger charge is -2.69. The molecule has 8 heteroatoms. The zero-order valence-corrected chi connectivity index (χ0v) is 19.7. The first kappa shape index (κ1) is 20.4. The van der Waals surface area contributed by atoms with Crippen LogP contribution in [-0.2, 0) is 10.3 Å². The molecule has 5 aliphatic rings. The van der Waals surface area contributed by atoms with Crippen molar-refractivity contribution >= 4 is 22.5 Å². The maximum Gasteiger partial charge on any atom is 0.103 e. The zero-order chi connectivity index (χ0) is 22.4. The number of halogens is 2. The Morgan fingerprint density at radius 1 is 1.12 bits per heavy atom. The van der Waals surface area contributed by atoms with Gasteiger partial charge in [-0.05, 0) is 75.7 Å². The molecule has 4 heterocycles. The highest BCUT2D eigenvalue weighted by atomic mass is 35.5. The van der Waals surface area contributed by atoms with Gasteiger partial charge in [-0.3, -0.25) is 14.0 Å². The topological polar surface area (TPSA) is 48.1 Å². The summed E-state index contributed by atoms with van der Waals surface area (Å²) in [5.74, 6) is 0.450. The summed E-state index contributed by atoms with van der Waals surface area (Å²) in [5, 5.41) is 11.2. The smallest absolute Gasteiger partial charge is 0.103 e. The lowest BCUT2D eigenvalue weighted by molar-refractivity contribution is -0.201. The van der Waals surface area contributed by atoms with Crippen LogP contribution in [0.3, 0.4) is 0 Å². The van der Waals surface area contributed by atoms with E-state index in [1.807, 2.05) is 21.8 Å². The molecule has 0 unspecified atom stereocenters. The lowest BCUT2D eigenvalue weighted by Crippen LogP contribution is -2.68. The fourth-order valence-corrected chi connectivity index (χ4v) is 7.22. The first-order valence-electron chi connectivity index (χ1n) is 12.0. The first-order chi connectivity index (χ1) is 15.9. The molecule has 8 rings (SSSR count). The van der Waals surface area contributed by atoms with Crippen LogP contribution >= 0.6 is 11.6 Å². The largest absolute Gasteiger partial charge is 0.377 e. The van der Waals surface area contributed by atoms with Crippen molar-refractivity contribution in [1.29, 1.82) is 0 Å². The molecular weight excluding hydrogens is 441 g/mol. The molecule has 2 saturated heterocycles. The van der Waals surface area contributed by atoms with Crippen LogP contribution in [0.25, 0.3) is 16.6 Å². The van der Waals surface area contributed by atoms with Gasteiger partial charge in [0.05, 0.1) is 55.1 Å². The summed E-state index contributed by atoms with van der Waals surface area (Å²) >= 11 is 6.76. The van der Waals surface area contributed by atoms with Gasteiger partial charge in [-0.2, -0.15) is 10.2 Å². The molecule has 0 N–H and O–H groups in total. The van der Waals surface area contributed by atoms with Gasteiger partial charge in [-0.25, -0.2) is 4.68 Å². The average molecular weight is 470 g/mol. The summed E-state index contributed by atoms with van der Waals surface area (Å²) < 4.78 is 22.7. The molecule has 2 aromatic heterocycles. The van der Waals surface area contributed by atoms with Crippen LogP contribution in [0.5, 0.6) is 0 Å². The van der Waals surface area contributed by atoms with Gasteiger partial charge >= 0.3 is 0 Å². The number of alkyl halides is 1. The van der Waals surface area contributed by atoms with Gasteiger partial charge in [-0.15, -0.1) is 0 Å². The van der Waals surface area contributed by atoms with Crippen LogP contribution in [0, 0.1) is 5.41 Å². The van der Waals surface area contributed by atoms with Gasteiger partial charge in [0.1, 0.15) is 5.69 Å². The lowest BCUT2D eigenvalue weighted by atomic mass is 9.40. The van der Waals surface area contributed by atoms with E-state index in [1.54, 1.807) is 0 Å². The Kier molecular flexibility index (Phi) is 4.21. The fraction of sp³-hybridized carbons (Fsp3) is 0.600. The first-order valence-corrected chi connectivity index (χ1v) is 12.4. The summed E-state index contributed by atoms with van der Waals surface area (Å²) in [6.45, 7) is 5.93. The van der Waals surface area contributed by atoms with Crippen molar-refractivity contribution in [1.82, 2.24) is 24.5 Å². The normalized spacial score (nSPS) is 31.2. The average Bonchev–Trinajstić information content (AvgIpc) is 3.37. The van der Waals surface area contributed by atoms with E-state index >= 15 is 0 Å². The van der Waals surface area contributed by atoms with Gasteiger partial charge in [0.25, 0.3) is 0 Å². The maximum atomic E-state index is 13.2. The van der Waals surface area contributed by atoms with Crippen LogP contribution in [0.1, 0.15) is 50.5 Å². The Morgan fingerprint density at radius 2 is 1.88 bits per heavy atom. The van der Waals surface area contributed by atoms with Crippen LogP contribution in [0.2, 0.25) is 5.02 Å². The molecule has 2 bridgehead atoms. The number of aromatic nitrogens is 4. The number of hydrogen-bond acceptors (Lipinski definition) is 4. The minimum absolute atomic E-state index is 0.0256. The zero-order valence-electron chi connectivity index (χ0n) is 18.9. The van der Waals surface area contributed by atoms with Crippen molar-refractivity contribution in [2.45, 2.75) is 56.0 Å². The van der Waals surface area contributed by atoms with Crippen molar-refractivity contribution in [2.75, 3.05) is 33.0 Å². The summed E-state index contributed by atoms with van der Waals surface area (Å²) in [6.07, 6.45) is 10.7. The second kappa shape index (κ2) is 6.80. The highest BCUT2D eigenvalue weighted by molar-refractivity contribution is 6.32. The number of hydrogen-bond donors (Lipinski definition) is 0. The Bertz CT molecular complexity index is 1220. The number of piperidine rings is 1. The van der Waals surface area contributed by atoms with Crippen LogP contribution in [0.4, 0.5) is 4.39 Å². The second-order valence-corrected chi connectivity index (χ2v) is 11.7. The molecule has 6 nitrogen and oxygen atoms in total. The Hall–Kier alpha value is -1.96. The van der Waals surface area contributed by atoms with Crippen LogP contribution in [-0.4, -0.2) is 63.0 Å². The standard InChI is InChI=1S/C25H29ClFN5O/c1-23(15-33-16-23)30-4-2-17(3-5-30)20-7-22-18(6-21(20)26)8-29-32(22)19-9-28-31(10-19)25-11-24(12-25,13-25)14-27/h6-10,17H,2-5,11-16H2,1H3.